The maximum absolute atomic E-state index is 4.07. The molecule has 0 aromatic carbocycles. The molecule has 0 aliphatic heterocycles. The van der Waals surface area contributed by atoms with Crippen molar-refractivity contribution >= 4 is 20.9 Å². The summed E-state index contributed by atoms with van der Waals surface area (Å²) < 4.78 is 0. The van der Waals surface area contributed by atoms with E-state index >= 15 is 0 Å². The van der Waals surface area contributed by atoms with E-state index in [0.29, 0.717) is 0 Å². The zero-order valence-corrected chi connectivity index (χ0v) is 7.48. The second-order valence-corrected chi connectivity index (χ2v) is 2.05. The van der Waals surface area contributed by atoms with Gasteiger partial charge in [-0.25, -0.2) is 9.97 Å². The lowest BCUT2D eigenvalue weighted by Gasteiger charge is -1.90. The van der Waals surface area contributed by atoms with Crippen LogP contribution in [0.4, 0.5) is 0 Å². The van der Waals surface area contributed by atoms with Gasteiger partial charge in [-0.2, -0.15) is 9.90 Å². The Kier molecular flexibility index (Phi) is 2.50. The van der Waals surface area contributed by atoms with Crippen LogP contribution in [0.3, 0.4) is 0 Å². The summed E-state index contributed by atoms with van der Waals surface area (Å²) in [6.07, 6.45) is 3.49. The average molecular weight is 164 g/mol. The molecule has 11 heavy (non-hydrogen) atoms. The van der Waals surface area contributed by atoms with Gasteiger partial charge in [0.25, 0.3) is 0 Å². The Morgan fingerprint density at radius 1 is 0.909 bits per heavy atom. The minimum absolute atomic E-state index is 0. The summed E-state index contributed by atoms with van der Waals surface area (Å²) in [4.78, 5) is 8.14. The van der Waals surface area contributed by atoms with Crippen molar-refractivity contribution in [3.63, 3.8) is 0 Å². The molecule has 2 nitrogen and oxygen atoms in total. The Labute approximate surface area is 68.3 Å². The summed E-state index contributed by atoms with van der Waals surface area (Å²) >= 11 is 0. The zero-order valence-electron chi connectivity index (χ0n) is 6.07. The maximum atomic E-state index is 4.07. The topological polar surface area (TPSA) is 25.8 Å². The number of rotatable bonds is 0. The van der Waals surface area contributed by atoms with Gasteiger partial charge in [0.2, 0.25) is 0 Å². The molecule has 0 amide bonds. The van der Waals surface area contributed by atoms with Crippen LogP contribution in [0.1, 0.15) is 0 Å². The highest BCUT2D eigenvalue weighted by Gasteiger charge is 1.88. The molecule has 2 heterocycles. The summed E-state index contributed by atoms with van der Waals surface area (Å²) in [6.45, 7) is 0. The van der Waals surface area contributed by atoms with E-state index in [2.05, 4.69) is 9.97 Å². The Balaban J connectivity index is 0.000000605. The van der Waals surface area contributed by atoms with Crippen molar-refractivity contribution in [2.45, 2.75) is 0 Å². The van der Waals surface area contributed by atoms with Crippen molar-refractivity contribution in [3.05, 3.63) is 36.7 Å². The molecule has 1 unspecified atom stereocenters. The van der Waals surface area contributed by atoms with E-state index in [9.17, 15) is 0 Å². The van der Waals surface area contributed by atoms with Crippen molar-refractivity contribution in [3.8, 4) is 0 Å². The number of fused-ring (bicyclic) bond motifs is 1. The van der Waals surface area contributed by atoms with Crippen LogP contribution >= 0.6 is 9.90 Å². The zero-order chi connectivity index (χ0) is 6.81. The Bertz CT molecular complexity index is 283. The van der Waals surface area contributed by atoms with Crippen molar-refractivity contribution in [2.24, 2.45) is 0 Å². The number of hydrogen-bond donors (Lipinski definition) is 0. The molecule has 3 heteroatoms. The number of aromatic nitrogens is 2. The van der Waals surface area contributed by atoms with Gasteiger partial charge in [-0.3, -0.25) is 0 Å². The van der Waals surface area contributed by atoms with Crippen LogP contribution in [0.25, 0.3) is 11.0 Å². The monoisotopic (exact) mass is 164 g/mol. The molecule has 0 spiro atoms. The molecule has 1 atom stereocenters. The van der Waals surface area contributed by atoms with Gasteiger partial charge in [-0.1, -0.05) is 0 Å². The number of hydrogen-bond acceptors (Lipinski definition) is 2. The number of nitrogens with zero attached hydrogens (tertiary/aromatic N) is 2. The molecule has 0 N–H and O–H groups in total. The third-order valence-corrected chi connectivity index (χ3v) is 1.38. The smallest absolute Gasteiger partial charge is 0.159 e. The SMILES string of the molecule is P.c1cnc2ncccc2c1. The summed E-state index contributed by atoms with van der Waals surface area (Å²) in [5.74, 6) is 0. The second kappa shape index (κ2) is 3.40. The highest BCUT2D eigenvalue weighted by atomic mass is 31.0. The third-order valence-electron chi connectivity index (χ3n) is 1.38. The molecule has 2 aromatic rings. The lowest BCUT2D eigenvalue weighted by molar-refractivity contribution is 1.29. The van der Waals surface area contributed by atoms with Gasteiger partial charge in [0.05, 0.1) is 0 Å². The fourth-order valence-corrected chi connectivity index (χ4v) is 0.908. The predicted octanol–water partition coefficient (Wildman–Crippen LogP) is 1.69. The highest BCUT2D eigenvalue weighted by molar-refractivity contribution is 6.92. The first-order valence-corrected chi connectivity index (χ1v) is 3.12. The highest BCUT2D eigenvalue weighted by Crippen LogP contribution is 2.04. The van der Waals surface area contributed by atoms with Crippen LogP contribution in [0.15, 0.2) is 36.7 Å². The van der Waals surface area contributed by atoms with Crippen LogP contribution < -0.4 is 0 Å². The first-order chi connectivity index (χ1) is 4.97. The van der Waals surface area contributed by atoms with E-state index in [0.717, 1.165) is 11.0 Å². The summed E-state index contributed by atoms with van der Waals surface area (Å²) in [7, 11) is 0. The van der Waals surface area contributed by atoms with Gasteiger partial charge in [0.15, 0.2) is 5.65 Å². The van der Waals surface area contributed by atoms with Gasteiger partial charge < -0.3 is 0 Å². The van der Waals surface area contributed by atoms with Gasteiger partial charge >= 0.3 is 0 Å². The first kappa shape index (κ1) is 8.09. The lowest BCUT2D eigenvalue weighted by Crippen LogP contribution is -1.78. The lowest BCUT2D eigenvalue weighted by atomic mass is 10.3. The standard InChI is InChI=1S/C8H6N2.H3P/c1-3-7-4-2-6-10-8(7)9-5-1;/h1-6H;1H3. The van der Waals surface area contributed by atoms with E-state index in [1.54, 1.807) is 12.4 Å². The molecule has 2 aromatic heterocycles. The van der Waals surface area contributed by atoms with Crippen molar-refractivity contribution < 1.29 is 0 Å². The molecule has 0 radical (unpaired) electrons. The van der Waals surface area contributed by atoms with Crippen LogP contribution in [-0.2, 0) is 0 Å². The fraction of sp³-hybridized carbons (Fsp3) is 0. The average Bonchev–Trinajstić information content (AvgIpc) is 2.05. The van der Waals surface area contributed by atoms with Gasteiger partial charge in [0.1, 0.15) is 0 Å². The molecule has 0 bridgehead atoms. The van der Waals surface area contributed by atoms with Gasteiger partial charge in [-0.15, -0.1) is 0 Å². The minimum atomic E-state index is 0. The molecular formula is C8H9N2P. The molecule has 0 aliphatic rings. The molecular weight excluding hydrogens is 155 g/mol. The molecule has 0 fully saturated rings. The van der Waals surface area contributed by atoms with E-state index in [4.69, 9.17) is 0 Å². The summed E-state index contributed by atoms with van der Waals surface area (Å²) in [5, 5.41) is 1.09. The van der Waals surface area contributed by atoms with Gasteiger partial charge in [-0.05, 0) is 24.3 Å². The van der Waals surface area contributed by atoms with Crippen LogP contribution in [-0.4, -0.2) is 9.97 Å². The number of pyridine rings is 2. The Morgan fingerprint density at radius 2 is 1.45 bits per heavy atom. The van der Waals surface area contributed by atoms with Crippen molar-refractivity contribution in [2.75, 3.05) is 0 Å². The molecule has 56 valence electrons. The van der Waals surface area contributed by atoms with Crippen LogP contribution in [0, 0.1) is 0 Å². The van der Waals surface area contributed by atoms with E-state index in [1.807, 2.05) is 24.3 Å². The first-order valence-electron chi connectivity index (χ1n) is 3.12. The Morgan fingerprint density at radius 3 is 1.91 bits per heavy atom. The van der Waals surface area contributed by atoms with Crippen LogP contribution in [0.2, 0.25) is 0 Å². The van der Waals surface area contributed by atoms with Crippen molar-refractivity contribution in [1.82, 2.24) is 9.97 Å². The van der Waals surface area contributed by atoms with Crippen LogP contribution in [0.5, 0.6) is 0 Å². The van der Waals surface area contributed by atoms with Gasteiger partial charge in [0, 0.05) is 17.8 Å². The van der Waals surface area contributed by atoms with E-state index in [1.165, 1.54) is 0 Å². The molecule has 0 aliphatic carbocycles. The minimum Gasteiger partial charge on any atom is -0.237 e. The normalized spacial score (nSPS) is 9.09. The molecule has 0 saturated carbocycles. The Hall–Kier alpha value is -1.01. The summed E-state index contributed by atoms with van der Waals surface area (Å²) in [5.41, 5.74) is 0.810. The summed E-state index contributed by atoms with van der Waals surface area (Å²) in [6, 6.07) is 7.80. The predicted molar refractivity (Wildman–Crippen MR) is 50.6 cm³/mol. The molecule has 2 rings (SSSR count). The fourth-order valence-electron chi connectivity index (χ4n) is 0.908. The van der Waals surface area contributed by atoms with E-state index < -0.39 is 0 Å². The molecule has 0 saturated heterocycles. The quantitative estimate of drug-likeness (QED) is 0.553. The third kappa shape index (κ3) is 1.52. The second-order valence-electron chi connectivity index (χ2n) is 2.05. The maximum Gasteiger partial charge on any atom is 0.159 e. The van der Waals surface area contributed by atoms with E-state index in [-0.39, 0.29) is 9.90 Å². The largest absolute Gasteiger partial charge is 0.237 e. The van der Waals surface area contributed by atoms with Crippen molar-refractivity contribution in [1.29, 1.82) is 0 Å².